The summed E-state index contributed by atoms with van der Waals surface area (Å²) >= 11 is 0. The molecule has 6 heteroatoms. The molecule has 3 N–H and O–H groups in total. The Kier molecular flexibility index (Phi) is 5.93. The Morgan fingerprint density at radius 2 is 2.24 bits per heavy atom. The minimum absolute atomic E-state index is 0.163. The summed E-state index contributed by atoms with van der Waals surface area (Å²) < 4.78 is 0. The first kappa shape index (κ1) is 13.9. The quantitative estimate of drug-likeness (QED) is 0.632. The van der Waals surface area contributed by atoms with Crippen molar-refractivity contribution in [1.82, 2.24) is 15.5 Å². The van der Waals surface area contributed by atoms with Gasteiger partial charge < -0.3 is 10.4 Å². The zero-order valence-corrected chi connectivity index (χ0v) is 10.2. The van der Waals surface area contributed by atoms with E-state index in [-0.39, 0.29) is 18.6 Å². The maximum atomic E-state index is 11.5. The molecule has 1 fully saturated rings. The lowest BCUT2D eigenvalue weighted by atomic mass is 10.1. The minimum atomic E-state index is -0.450. The summed E-state index contributed by atoms with van der Waals surface area (Å²) in [6, 6.07) is -0.450. The van der Waals surface area contributed by atoms with Crippen LogP contribution in [0.2, 0.25) is 0 Å². The highest BCUT2D eigenvalue weighted by Gasteiger charge is 2.20. The molecular formula is C11H21N3O3. The standard InChI is InChI=1S/C11H21N3O3/c1-2-5-12-11(17)13-10(16)8-14-6-3-4-9(15)7-14/h9,15H,2-8H2,1H3,(H2,12,13,16,17). The first-order valence-corrected chi connectivity index (χ1v) is 6.10. The van der Waals surface area contributed by atoms with Gasteiger partial charge in [0.1, 0.15) is 0 Å². The van der Waals surface area contributed by atoms with E-state index < -0.39 is 6.03 Å². The predicted octanol–water partition coefficient (Wildman–Crippen LogP) is -0.321. The van der Waals surface area contributed by atoms with Gasteiger partial charge in [-0.3, -0.25) is 15.0 Å². The number of carbonyl (C=O) groups excluding carboxylic acids is 2. The number of imide groups is 1. The number of β-amino-alcohol motifs (C(OH)–C–C–N with tert-alkyl or cyclic N) is 1. The van der Waals surface area contributed by atoms with Crippen LogP contribution in [0.1, 0.15) is 26.2 Å². The number of amides is 3. The van der Waals surface area contributed by atoms with Crippen LogP contribution in [0.3, 0.4) is 0 Å². The van der Waals surface area contributed by atoms with Crippen LogP contribution in [0.5, 0.6) is 0 Å². The highest BCUT2D eigenvalue weighted by atomic mass is 16.3. The van der Waals surface area contributed by atoms with Crippen molar-refractivity contribution < 1.29 is 14.7 Å². The van der Waals surface area contributed by atoms with Crippen LogP contribution in [0.15, 0.2) is 0 Å². The number of hydrogen-bond acceptors (Lipinski definition) is 4. The summed E-state index contributed by atoms with van der Waals surface area (Å²) in [5.74, 6) is -0.326. The van der Waals surface area contributed by atoms with E-state index in [9.17, 15) is 14.7 Å². The molecule has 0 spiro atoms. The maximum Gasteiger partial charge on any atom is 0.321 e. The Morgan fingerprint density at radius 3 is 2.88 bits per heavy atom. The maximum absolute atomic E-state index is 11.5. The number of carbonyl (C=O) groups is 2. The van der Waals surface area contributed by atoms with Crippen molar-refractivity contribution in [3.8, 4) is 0 Å². The molecule has 0 saturated carbocycles. The Hall–Kier alpha value is -1.14. The van der Waals surface area contributed by atoms with Gasteiger partial charge in [0.15, 0.2) is 0 Å². The van der Waals surface area contributed by atoms with Gasteiger partial charge in [-0.05, 0) is 25.8 Å². The Balaban J connectivity index is 2.21. The van der Waals surface area contributed by atoms with Crippen molar-refractivity contribution in [3.63, 3.8) is 0 Å². The molecule has 1 heterocycles. The third-order valence-corrected chi connectivity index (χ3v) is 2.64. The number of nitrogens with one attached hydrogen (secondary N) is 2. The first-order valence-electron chi connectivity index (χ1n) is 6.10. The minimum Gasteiger partial charge on any atom is -0.392 e. The third kappa shape index (κ3) is 5.65. The fourth-order valence-corrected chi connectivity index (χ4v) is 1.83. The molecule has 1 unspecified atom stereocenters. The third-order valence-electron chi connectivity index (χ3n) is 2.64. The van der Waals surface area contributed by atoms with E-state index in [0.717, 1.165) is 25.8 Å². The molecule has 98 valence electrons. The molecule has 0 aromatic carbocycles. The molecule has 17 heavy (non-hydrogen) atoms. The summed E-state index contributed by atoms with van der Waals surface area (Å²) in [5.41, 5.74) is 0. The molecule has 0 aromatic heterocycles. The molecule has 3 amide bonds. The SMILES string of the molecule is CCCNC(=O)NC(=O)CN1CCCC(O)C1. The van der Waals surface area contributed by atoms with Crippen LogP contribution >= 0.6 is 0 Å². The normalized spacial score (nSPS) is 20.9. The van der Waals surface area contributed by atoms with E-state index in [0.29, 0.717) is 13.1 Å². The monoisotopic (exact) mass is 243 g/mol. The Labute approximate surface area is 101 Å². The van der Waals surface area contributed by atoms with E-state index in [2.05, 4.69) is 10.6 Å². The summed E-state index contributed by atoms with van der Waals surface area (Å²) in [6.45, 7) is 3.96. The molecule has 6 nitrogen and oxygen atoms in total. The topological polar surface area (TPSA) is 81.7 Å². The lowest BCUT2D eigenvalue weighted by Crippen LogP contribution is -2.47. The molecule has 0 aromatic rings. The van der Waals surface area contributed by atoms with Crippen molar-refractivity contribution in [2.75, 3.05) is 26.2 Å². The largest absolute Gasteiger partial charge is 0.392 e. The Morgan fingerprint density at radius 1 is 1.47 bits per heavy atom. The molecule has 1 rings (SSSR count). The predicted molar refractivity (Wildman–Crippen MR) is 63.5 cm³/mol. The van der Waals surface area contributed by atoms with E-state index in [1.807, 2.05) is 11.8 Å². The molecule has 1 aliphatic rings. The van der Waals surface area contributed by atoms with Gasteiger partial charge >= 0.3 is 6.03 Å². The number of aliphatic hydroxyl groups is 1. The van der Waals surface area contributed by atoms with E-state index >= 15 is 0 Å². The van der Waals surface area contributed by atoms with Gasteiger partial charge in [0.25, 0.3) is 0 Å². The lowest BCUT2D eigenvalue weighted by molar-refractivity contribution is -0.121. The van der Waals surface area contributed by atoms with Crippen LogP contribution in [-0.4, -0.2) is 54.2 Å². The van der Waals surface area contributed by atoms with Crippen LogP contribution in [0.25, 0.3) is 0 Å². The van der Waals surface area contributed by atoms with Gasteiger partial charge in [-0.2, -0.15) is 0 Å². The highest BCUT2D eigenvalue weighted by Crippen LogP contribution is 2.08. The highest BCUT2D eigenvalue weighted by molar-refractivity contribution is 5.95. The molecule has 0 bridgehead atoms. The Bertz CT molecular complexity index is 271. The van der Waals surface area contributed by atoms with Crippen molar-refractivity contribution >= 4 is 11.9 Å². The van der Waals surface area contributed by atoms with Crippen LogP contribution < -0.4 is 10.6 Å². The lowest BCUT2D eigenvalue weighted by Gasteiger charge is -2.29. The van der Waals surface area contributed by atoms with E-state index in [1.54, 1.807) is 0 Å². The number of piperidine rings is 1. The van der Waals surface area contributed by atoms with Gasteiger partial charge in [-0.25, -0.2) is 4.79 Å². The number of aliphatic hydroxyl groups excluding tert-OH is 1. The van der Waals surface area contributed by atoms with Crippen LogP contribution in [0, 0.1) is 0 Å². The second-order valence-electron chi connectivity index (χ2n) is 4.34. The fraction of sp³-hybridized carbons (Fsp3) is 0.818. The number of nitrogens with zero attached hydrogens (tertiary/aromatic N) is 1. The van der Waals surface area contributed by atoms with Gasteiger partial charge in [0.05, 0.1) is 12.6 Å². The zero-order valence-electron chi connectivity index (χ0n) is 10.2. The number of rotatable bonds is 4. The zero-order chi connectivity index (χ0) is 12.7. The van der Waals surface area contributed by atoms with E-state index in [1.165, 1.54) is 0 Å². The molecule has 1 saturated heterocycles. The molecule has 1 aliphatic heterocycles. The smallest absolute Gasteiger partial charge is 0.321 e. The second-order valence-corrected chi connectivity index (χ2v) is 4.34. The van der Waals surface area contributed by atoms with Crippen molar-refractivity contribution in [3.05, 3.63) is 0 Å². The summed E-state index contributed by atoms with van der Waals surface area (Å²) in [6.07, 6.45) is 2.15. The van der Waals surface area contributed by atoms with E-state index in [4.69, 9.17) is 0 Å². The first-order chi connectivity index (χ1) is 8.11. The second kappa shape index (κ2) is 7.24. The summed E-state index contributed by atoms with van der Waals surface area (Å²) in [7, 11) is 0. The van der Waals surface area contributed by atoms with Crippen molar-refractivity contribution in [2.24, 2.45) is 0 Å². The fourth-order valence-electron chi connectivity index (χ4n) is 1.83. The number of hydrogen-bond donors (Lipinski definition) is 3. The van der Waals surface area contributed by atoms with Gasteiger partial charge in [-0.15, -0.1) is 0 Å². The van der Waals surface area contributed by atoms with Crippen molar-refractivity contribution in [2.45, 2.75) is 32.3 Å². The average molecular weight is 243 g/mol. The summed E-state index contributed by atoms with van der Waals surface area (Å²) in [4.78, 5) is 24.6. The molecule has 0 radical (unpaired) electrons. The summed E-state index contributed by atoms with van der Waals surface area (Å²) in [5, 5.41) is 14.3. The van der Waals surface area contributed by atoms with Gasteiger partial charge in [0.2, 0.25) is 5.91 Å². The molecular weight excluding hydrogens is 222 g/mol. The number of urea groups is 1. The van der Waals surface area contributed by atoms with Crippen LogP contribution in [0.4, 0.5) is 4.79 Å². The van der Waals surface area contributed by atoms with Crippen LogP contribution in [-0.2, 0) is 4.79 Å². The average Bonchev–Trinajstić information content (AvgIpc) is 2.26. The van der Waals surface area contributed by atoms with Gasteiger partial charge in [-0.1, -0.05) is 6.92 Å². The molecule has 1 atom stereocenters. The molecule has 0 aliphatic carbocycles. The van der Waals surface area contributed by atoms with Gasteiger partial charge in [0, 0.05) is 13.1 Å². The number of likely N-dealkylation sites (tertiary alicyclic amines) is 1. The van der Waals surface area contributed by atoms with Crippen molar-refractivity contribution in [1.29, 1.82) is 0 Å².